The van der Waals surface area contributed by atoms with E-state index in [9.17, 15) is 15.0 Å². The Morgan fingerprint density at radius 2 is 1.81 bits per heavy atom. The van der Waals surface area contributed by atoms with Crippen LogP contribution in [0, 0.1) is 11.3 Å². The number of carbonyl (C=O) groups excluding carboxylic acids is 1. The molecule has 3 aromatic rings. The van der Waals surface area contributed by atoms with Crippen LogP contribution in [-0.2, 0) is 4.74 Å². The van der Waals surface area contributed by atoms with Crippen molar-refractivity contribution < 1.29 is 19.7 Å². The number of rotatable bonds is 6. The predicted octanol–water partition coefficient (Wildman–Crippen LogP) is 1.80. The van der Waals surface area contributed by atoms with Gasteiger partial charge < -0.3 is 26.0 Å². The number of hydrogen-bond donors (Lipinski definition) is 5. The summed E-state index contributed by atoms with van der Waals surface area (Å²) in [6, 6.07) is 17.8. The fraction of sp³-hybridized carbons (Fsp3) is 0.227. The SMILES string of the molecule is N#Cc1c(N)n[nH]c1C(O)C(O)CNC(=O)OCC1c2ccccc2-c2ccccc21. The van der Waals surface area contributed by atoms with Crippen molar-refractivity contribution in [2.75, 3.05) is 18.9 Å². The molecule has 0 radical (unpaired) electrons. The zero-order valence-electron chi connectivity index (χ0n) is 16.4. The molecule has 0 spiro atoms. The average Bonchev–Trinajstić information content (AvgIpc) is 3.33. The van der Waals surface area contributed by atoms with Crippen molar-refractivity contribution in [1.29, 1.82) is 5.26 Å². The predicted molar refractivity (Wildman–Crippen MR) is 112 cm³/mol. The molecular formula is C22H21N5O4. The average molecular weight is 419 g/mol. The van der Waals surface area contributed by atoms with Crippen LogP contribution in [0.2, 0.25) is 0 Å². The highest BCUT2D eigenvalue weighted by Crippen LogP contribution is 2.44. The zero-order valence-corrected chi connectivity index (χ0v) is 16.4. The topological polar surface area (TPSA) is 157 Å². The summed E-state index contributed by atoms with van der Waals surface area (Å²) in [6.07, 6.45) is -3.60. The van der Waals surface area contributed by atoms with Crippen LogP contribution < -0.4 is 11.1 Å². The Bertz CT molecular complexity index is 1110. The van der Waals surface area contributed by atoms with Crippen LogP contribution in [0.3, 0.4) is 0 Å². The van der Waals surface area contributed by atoms with Crippen LogP contribution in [0.5, 0.6) is 0 Å². The van der Waals surface area contributed by atoms with Gasteiger partial charge in [-0.3, -0.25) is 5.10 Å². The van der Waals surface area contributed by atoms with Crippen LogP contribution in [0.1, 0.15) is 34.4 Å². The van der Waals surface area contributed by atoms with Gasteiger partial charge in [-0.15, -0.1) is 0 Å². The number of aliphatic hydroxyl groups excluding tert-OH is 2. The molecule has 4 rings (SSSR count). The first-order chi connectivity index (χ1) is 15.0. The Morgan fingerprint density at radius 1 is 1.19 bits per heavy atom. The molecule has 0 saturated carbocycles. The number of H-pyrrole nitrogens is 1. The minimum atomic E-state index is -1.48. The second-order valence-electron chi connectivity index (χ2n) is 7.23. The van der Waals surface area contributed by atoms with Gasteiger partial charge in [-0.25, -0.2) is 4.79 Å². The number of ether oxygens (including phenoxy) is 1. The summed E-state index contributed by atoms with van der Waals surface area (Å²) >= 11 is 0. The van der Waals surface area contributed by atoms with E-state index in [4.69, 9.17) is 15.7 Å². The third-order valence-electron chi connectivity index (χ3n) is 5.39. The first-order valence-corrected chi connectivity index (χ1v) is 9.70. The molecule has 0 aliphatic heterocycles. The molecule has 0 fully saturated rings. The molecule has 1 heterocycles. The molecule has 9 nitrogen and oxygen atoms in total. The van der Waals surface area contributed by atoms with Crippen LogP contribution in [0.4, 0.5) is 10.6 Å². The number of nitrogens with one attached hydrogen (secondary N) is 2. The molecule has 6 N–H and O–H groups in total. The molecule has 1 amide bonds. The molecule has 0 saturated heterocycles. The minimum absolute atomic E-state index is 0.0122. The van der Waals surface area contributed by atoms with Gasteiger partial charge in [0.1, 0.15) is 30.4 Å². The highest BCUT2D eigenvalue weighted by atomic mass is 16.5. The minimum Gasteiger partial charge on any atom is -0.449 e. The Balaban J connectivity index is 1.35. The highest BCUT2D eigenvalue weighted by Gasteiger charge is 2.29. The lowest BCUT2D eigenvalue weighted by atomic mass is 9.98. The van der Waals surface area contributed by atoms with Gasteiger partial charge in [0, 0.05) is 12.5 Å². The number of nitrogen functional groups attached to an aromatic ring is 1. The van der Waals surface area contributed by atoms with Gasteiger partial charge in [-0.2, -0.15) is 10.4 Å². The quantitative estimate of drug-likeness (QED) is 0.407. The number of fused-ring (bicyclic) bond motifs is 3. The highest BCUT2D eigenvalue weighted by molar-refractivity contribution is 5.79. The van der Waals surface area contributed by atoms with Crippen molar-refractivity contribution in [3.05, 3.63) is 70.9 Å². The van der Waals surface area contributed by atoms with Crippen LogP contribution in [-0.4, -0.2) is 45.8 Å². The molecule has 1 aromatic heterocycles. The van der Waals surface area contributed by atoms with Crippen molar-refractivity contribution in [1.82, 2.24) is 15.5 Å². The molecule has 31 heavy (non-hydrogen) atoms. The van der Waals surface area contributed by atoms with Gasteiger partial charge >= 0.3 is 6.09 Å². The van der Waals surface area contributed by atoms with E-state index in [1.165, 1.54) is 0 Å². The molecule has 2 unspecified atom stereocenters. The maximum Gasteiger partial charge on any atom is 0.407 e. The molecule has 0 bridgehead atoms. The number of carbonyl (C=O) groups is 1. The molecule has 1 aliphatic rings. The van der Waals surface area contributed by atoms with Crippen molar-refractivity contribution in [2.45, 2.75) is 18.1 Å². The number of amides is 1. The van der Waals surface area contributed by atoms with Gasteiger partial charge in [0.15, 0.2) is 5.82 Å². The largest absolute Gasteiger partial charge is 0.449 e. The monoisotopic (exact) mass is 419 g/mol. The third kappa shape index (κ3) is 3.82. The van der Waals surface area contributed by atoms with Crippen molar-refractivity contribution >= 4 is 11.9 Å². The van der Waals surface area contributed by atoms with Gasteiger partial charge in [0.05, 0.1) is 5.69 Å². The number of aromatic nitrogens is 2. The maximum atomic E-state index is 12.2. The second-order valence-corrected chi connectivity index (χ2v) is 7.23. The maximum absolute atomic E-state index is 12.2. The smallest absolute Gasteiger partial charge is 0.407 e. The van der Waals surface area contributed by atoms with Crippen molar-refractivity contribution in [3.63, 3.8) is 0 Å². The van der Waals surface area contributed by atoms with Crippen LogP contribution in [0.15, 0.2) is 48.5 Å². The fourth-order valence-electron chi connectivity index (χ4n) is 3.84. The van der Waals surface area contributed by atoms with Crippen molar-refractivity contribution in [2.24, 2.45) is 0 Å². The molecule has 1 aliphatic carbocycles. The number of hydrogen-bond acceptors (Lipinski definition) is 7. The first kappa shape index (κ1) is 20.4. The lowest BCUT2D eigenvalue weighted by Gasteiger charge is -2.18. The number of alkyl carbamates (subject to hydrolysis) is 1. The lowest BCUT2D eigenvalue weighted by Crippen LogP contribution is -2.36. The van der Waals surface area contributed by atoms with E-state index in [2.05, 4.69) is 15.5 Å². The molecule has 158 valence electrons. The summed E-state index contributed by atoms with van der Waals surface area (Å²) in [5, 5.41) is 38.0. The number of benzene rings is 2. The van der Waals surface area contributed by atoms with Crippen molar-refractivity contribution in [3.8, 4) is 17.2 Å². The number of nitriles is 1. The van der Waals surface area contributed by atoms with Gasteiger partial charge in [0.2, 0.25) is 0 Å². The summed E-state index contributed by atoms with van der Waals surface area (Å²) in [6.45, 7) is -0.157. The number of nitrogens with two attached hydrogens (primary N) is 1. The molecule has 9 heteroatoms. The van der Waals surface area contributed by atoms with E-state index in [1.807, 2.05) is 54.6 Å². The van der Waals surface area contributed by atoms with Gasteiger partial charge in [-0.05, 0) is 22.3 Å². The molecular weight excluding hydrogens is 398 g/mol. The Morgan fingerprint density at radius 3 is 2.42 bits per heavy atom. The molecule has 2 atom stereocenters. The number of nitrogens with zero attached hydrogens (tertiary/aromatic N) is 2. The van der Waals surface area contributed by atoms with E-state index < -0.39 is 18.3 Å². The van der Waals surface area contributed by atoms with E-state index in [0.29, 0.717) is 0 Å². The summed E-state index contributed by atoms with van der Waals surface area (Å²) in [7, 11) is 0. The van der Waals surface area contributed by atoms with Gasteiger partial charge in [0.25, 0.3) is 0 Å². The van der Waals surface area contributed by atoms with Gasteiger partial charge in [-0.1, -0.05) is 48.5 Å². The number of aliphatic hydroxyl groups is 2. The summed E-state index contributed by atoms with van der Waals surface area (Å²) in [5.41, 5.74) is 9.90. The number of anilines is 1. The van der Waals surface area contributed by atoms with Crippen LogP contribution in [0.25, 0.3) is 11.1 Å². The molecule has 2 aromatic carbocycles. The van der Waals surface area contributed by atoms with E-state index >= 15 is 0 Å². The van der Waals surface area contributed by atoms with E-state index in [-0.39, 0.29) is 36.1 Å². The zero-order chi connectivity index (χ0) is 22.0. The Labute approximate surface area is 178 Å². The lowest BCUT2D eigenvalue weighted by molar-refractivity contribution is 0.0159. The Hall–Kier alpha value is -3.87. The first-order valence-electron chi connectivity index (χ1n) is 9.70. The third-order valence-corrected chi connectivity index (χ3v) is 5.39. The van der Waals surface area contributed by atoms with E-state index in [0.717, 1.165) is 22.3 Å². The second kappa shape index (κ2) is 8.47. The summed E-state index contributed by atoms with van der Waals surface area (Å²) < 4.78 is 5.39. The van der Waals surface area contributed by atoms with Crippen LogP contribution >= 0.6 is 0 Å². The normalized spacial score (nSPS) is 14.2. The number of aromatic amines is 1. The Kier molecular flexibility index (Phi) is 5.58. The standard InChI is InChI=1S/C22H21N5O4/c23-9-16-19(26-27-21(16)24)20(29)18(28)10-25-22(30)31-11-17-14-7-3-1-5-12(14)13-6-2-4-8-15(13)17/h1-8,17-18,20,28-29H,10-11H2,(H,25,30)(H3,24,26,27). The van der Waals surface area contributed by atoms with E-state index in [1.54, 1.807) is 0 Å². The summed E-state index contributed by atoms with van der Waals surface area (Å²) in [5.74, 6) is -0.159. The fourth-order valence-corrected chi connectivity index (χ4v) is 3.84. The summed E-state index contributed by atoms with van der Waals surface area (Å²) in [4.78, 5) is 12.2.